The molecule has 3 aromatic rings. The second kappa shape index (κ2) is 8.32. The first kappa shape index (κ1) is 20.3. The maximum absolute atomic E-state index is 12.5. The minimum atomic E-state index is -0.309. The number of amides is 1. The number of carbonyl (C=O) groups excluding carboxylic acids is 1. The molecule has 0 atom stereocenters. The summed E-state index contributed by atoms with van der Waals surface area (Å²) in [6.45, 7) is 6.19. The van der Waals surface area contributed by atoms with Crippen LogP contribution in [0.25, 0.3) is 0 Å². The molecule has 1 amide bonds. The van der Waals surface area contributed by atoms with Gasteiger partial charge in [-0.2, -0.15) is 0 Å². The minimum Gasteiger partial charge on any atom is -0.359 e. The molecule has 7 nitrogen and oxygen atoms in total. The molecule has 0 bridgehead atoms. The van der Waals surface area contributed by atoms with Gasteiger partial charge in [0.05, 0.1) is 4.47 Å². The van der Waals surface area contributed by atoms with Crippen molar-refractivity contribution in [1.82, 2.24) is 15.1 Å². The monoisotopic (exact) mass is 461 g/mol. The predicted molar refractivity (Wildman–Crippen MR) is 114 cm³/mol. The van der Waals surface area contributed by atoms with Crippen molar-refractivity contribution < 1.29 is 9.32 Å². The molecule has 0 saturated carbocycles. The van der Waals surface area contributed by atoms with Crippen molar-refractivity contribution in [2.45, 2.75) is 31.3 Å². The highest BCUT2D eigenvalue weighted by atomic mass is 79.9. The molecule has 0 aliphatic rings. The number of hydrogen-bond acceptors (Lipinski definition) is 7. The lowest BCUT2D eigenvalue weighted by Gasteiger charge is -2.12. The Bertz CT molecular complexity index is 983. The first-order valence-corrected chi connectivity index (χ1v) is 10.5. The van der Waals surface area contributed by atoms with Gasteiger partial charge in [-0.3, -0.25) is 4.79 Å². The lowest BCUT2D eigenvalue weighted by atomic mass is 9.93. The van der Waals surface area contributed by atoms with Gasteiger partial charge in [-0.1, -0.05) is 37.7 Å². The van der Waals surface area contributed by atoms with E-state index in [2.05, 4.69) is 62.5 Å². The summed E-state index contributed by atoms with van der Waals surface area (Å²) in [6.07, 6.45) is 3.43. The van der Waals surface area contributed by atoms with Crippen molar-refractivity contribution in [2.24, 2.45) is 0 Å². The van der Waals surface area contributed by atoms with Crippen LogP contribution in [0.15, 0.2) is 50.7 Å². The van der Waals surface area contributed by atoms with Crippen molar-refractivity contribution in [2.75, 3.05) is 16.9 Å². The smallest absolute Gasteiger partial charge is 0.275 e. The standard InChI is InChI=1S/C19H20BrN5O2S/c1-19(2,3)14-9-15(25-27-14)22-11-5-7-12(8-6-11)23-17(26)16-13(20)10-21-18(24-16)28-4/h5-10H,1-4H3,(H,22,25)(H,23,26). The number of carbonyl (C=O) groups is 1. The highest BCUT2D eigenvalue weighted by Gasteiger charge is 2.19. The molecular weight excluding hydrogens is 442 g/mol. The van der Waals surface area contributed by atoms with Crippen LogP contribution in [-0.4, -0.2) is 27.3 Å². The van der Waals surface area contributed by atoms with Crippen LogP contribution in [0.4, 0.5) is 17.2 Å². The number of aromatic nitrogens is 3. The number of nitrogens with one attached hydrogen (secondary N) is 2. The average molecular weight is 462 g/mol. The fourth-order valence-electron chi connectivity index (χ4n) is 2.27. The summed E-state index contributed by atoms with van der Waals surface area (Å²) >= 11 is 4.69. The van der Waals surface area contributed by atoms with E-state index in [1.54, 1.807) is 18.3 Å². The van der Waals surface area contributed by atoms with Gasteiger partial charge in [-0.15, -0.1) is 0 Å². The van der Waals surface area contributed by atoms with E-state index in [0.717, 1.165) is 11.4 Å². The maximum Gasteiger partial charge on any atom is 0.275 e. The van der Waals surface area contributed by atoms with Crippen molar-refractivity contribution in [3.8, 4) is 0 Å². The SMILES string of the molecule is CSc1ncc(Br)c(C(=O)Nc2ccc(Nc3cc(C(C)(C)C)on3)cc2)n1. The van der Waals surface area contributed by atoms with Crippen molar-refractivity contribution in [1.29, 1.82) is 0 Å². The van der Waals surface area contributed by atoms with E-state index in [4.69, 9.17) is 4.52 Å². The van der Waals surface area contributed by atoms with Crippen molar-refractivity contribution in [3.63, 3.8) is 0 Å². The van der Waals surface area contributed by atoms with Gasteiger partial charge in [0.1, 0.15) is 11.5 Å². The Morgan fingerprint density at radius 2 is 1.86 bits per heavy atom. The molecule has 0 saturated heterocycles. The van der Waals surface area contributed by atoms with Gasteiger partial charge in [-0.25, -0.2) is 9.97 Å². The predicted octanol–water partition coefficient (Wildman–Crippen LogP) is 5.24. The Balaban J connectivity index is 1.68. The third kappa shape index (κ3) is 4.90. The topological polar surface area (TPSA) is 92.9 Å². The summed E-state index contributed by atoms with van der Waals surface area (Å²) in [4.78, 5) is 20.9. The van der Waals surface area contributed by atoms with Crippen LogP contribution in [-0.2, 0) is 5.41 Å². The van der Waals surface area contributed by atoms with Crippen molar-refractivity contribution in [3.05, 3.63) is 52.5 Å². The number of halogens is 1. The summed E-state index contributed by atoms with van der Waals surface area (Å²) in [5, 5.41) is 10.6. The van der Waals surface area contributed by atoms with Crippen LogP contribution in [0.2, 0.25) is 0 Å². The van der Waals surface area contributed by atoms with Crippen LogP contribution in [0.5, 0.6) is 0 Å². The zero-order valence-corrected chi connectivity index (χ0v) is 18.3. The third-order valence-corrected chi connectivity index (χ3v) is 4.93. The van der Waals surface area contributed by atoms with Gasteiger partial charge in [0.25, 0.3) is 5.91 Å². The maximum atomic E-state index is 12.5. The number of rotatable bonds is 5. The summed E-state index contributed by atoms with van der Waals surface area (Å²) in [7, 11) is 0. The zero-order valence-electron chi connectivity index (χ0n) is 15.9. The van der Waals surface area contributed by atoms with Gasteiger partial charge in [0, 0.05) is 29.1 Å². The average Bonchev–Trinajstić information content (AvgIpc) is 3.12. The zero-order chi connectivity index (χ0) is 20.3. The molecule has 2 heterocycles. The van der Waals surface area contributed by atoms with E-state index in [1.165, 1.54) is 11.8 Å². The first-order valence-electron chi connectivity index (χ1n) is 8.48. The van der Waals surface area contributed by atoms with Crippen LogP contribution in [0.1, 0.15) is 37.0 Å². The number of nitrogens with zero attached hydrogens (tertiary/aromatic N) is 3. The molecule has 3 rings (SSSR count). The van der Waals surface area contributed by atoms with E-state index >= 15 is 0 Å². The number of benzene rings is 1. The van der Waals surface area contributed by atoms with Gasteiger partial charge in [-0.05, 0) is 46.5 Å². The number of thioether (sulfide) groups is 1. The van der Waals surface area contributed by atoms with Crippen LogP contribution in [0.3, 0.4) is 0 Å². The molecule has 2 N–H and O–H groups in total. The normalized spacial score (nSPS) is 11.3. The molecule has 146 valence electrons. The lowest BCUT2D eigenvalue weighted by molar-refractivity contribution is 0.102. The van der Waals surface area contributed by atoms with E-state index in [9.17, 15) is 4.79 Å². The van der Waals surface area contributed by atoms with Gasteiger partial charge in [0.2, 0.25) is 0 Å². The molecule has 2 aromatic heterocycles. The van der Waals surface area contributed by atoms with E-state index in [1.807, 2.05) is 24.5 Å². The van der Waals surface area contributed by atoms with E-state index < -0.39 is 0 Å². The Labute approximate surface area is 175 Å². The number of anilines is 3. The molecule has 0 spiro atoms. The fourth-order valence-corrected chi connectivity index (χ4v) is 2.98. The van der Waals surface area contributed by atoms with Crippen LogP contribution < -0.4 is 10.6 Å². The molecule has 0 radical (unpaired) electrons. The molecule has 0 aliphatic carbocycles. The van der Waals surface area contributed by atoms with Crippen LogP contribution in [0, 0.1) is 0 Å². The summed E-state index contributed by atoms with van der Waals surface area (Å²) in [6, 6.07) is 9.18. The second-order valence-corrected chi connectivity index (χ2v) is 8.66. The molecular formula is C19H20BrN5O2S. The first-order chi connectivity index (χ1) is 13.3. The summed E-state index contributed by atoms with van der Waals surface area (Å²) in [5.41, 5.74) is 1.67. The molecule has 9 heteroatoms. The molecule has 28 heavy (non-hydrogen) atoms. The van der Waals surface area contributed by atoms with E-state index in [-0.39, 0.29) is 11.3 Å². The van der Waals surface area contributed by atoms with Gasteiger partial charge < -0.3 is 15.2 Å². The molecule has 0 fully saturated rings. The second-order valence-electron chi connectivity index (χ2n) is 7.04. The largest absolute Gasteiger partial charge is 0.359 e. The van der Waals surface area contributed by atoms with E-state index in [0.29, 0.717) is 26.8 Å². The molecule has 0 unspecified atom stereocenters. The minimum absolute atomic E-state index is 0.105. The fraction of sp³-hybridized carbons (Fsp3) is 0.263. The Hall–Kier alpha value is -2.39. The Morgan fingerprint density at radius 1 is 1.18 bits per heavy atom. The van der Waals surface area contributed by atoms with Gasteiger partial charge in [0.15, 0.2) is 11.0 Å². The van der Waals surface area contributed by atoms with Crippen LogP contribution >= 0.6 is 27.7 Å². The Kier molecular flexibility index (Phi) is 6.04. The molecule has 1 aromatic carbocycles. The highest BCUT2D eigenvalue weighted by Crippen LogP contribution is 2.26. The summed E-state index contributed by atoms with van der Waals surface area (Å²) in [5.74, 6) is 1.13. The van der Waals surface area contributed by atoms with Gasteiger partial charge >= 0.3 is 0 Å². The quantitative estimate of drug-likeness (QED) is 0.396. The summed E-state index contributed by atoms with van der Waals surface area (Å²) < 4.78 is 5.91. The molecule has 0 aliphatic heterocycles. The van der Waals surface area contributed by atoms with Crippen molar-refractivity contribution >= 4 is 50.8 Å². The highest BCUT2D eigenvalue weighted by molar-refractivity contribution is 9.10. The third-order valence-electron chi connectivity index (χ3n) is 3.78. The Morgan fingerprint density at radius 3 is 2.46 bits per heavy atom. The number of hydrogen-bond donors (Lipinski definition) is 2. The lowest BCUT2D eigenvalue weighted by Crippen LogP contribution is -2.15.